The normalized spacial score (nSPS) is 18.7. The van der Waals surface area contributed by atoms with Gasteiger partial charge in [0.2, 0.25) is 0 Å². The van der Waals surface area contributed by atoms with Crippen molar-refractivity contribution in [3.05, 3.63) is 71.8 Å². The molecule has 2 aliphatic heterocycles. The number of hydrogen-bond acceptors (Lipinski definition) is 4. The van der Waals surface area contributed by atoms with Crippen molar-refractivity contribution in [3.63, 3.8) is 0 Å². The molecule has 4 nitrogen and oxygen atoms in total. The molecule has 0 radical (unpaired) electrons. The summed E-state index contributed by atoms with van der Waals surface area (Å²) in [7, 11) is 0. The van der Waals surface area contributed by atoms with E-state index in [0.717, 1.165) is 22.9 Å². The maximum Gasteiger partial charge on any atom is 2.00 e. The zero-order valence-corrected chi connectivity index (χ0v) is 19.4. The molecule has 0 unspecified atom stereocenters. The molecule has 2 aliphatic rings. The van der Waals surface area contributed by atoms with E-state index >= 15 is 0 Å². The first-order valence-electron chi connectivity index (χ1n) is 8.73. The van der Waals surface area contributed by atoms with E-state index in [2.05, 4.69) is 49.8 Å². The van der Waals surface area contributed by atoms with Crippen LogP contribution in [0, 0.1) is 12.1 Å². The first-order valence-corrected chi connectivity index (χ1v) is 8.73. The molecule has 5 heteroatoms. The van der Waals surface area contributed by atoms with Crippen LogP contribution in [0.4, 0.5) is 0 Å². The van der Waals surface area contributed by atoms with Crippen molar-refractivity contribution < 1.29 is 29.0 Å². The van der Waals surface area contributed by atoms with Crippen LogP contribution < -0.4 is 0 Å². The number of benzene rings is 2. The molecule has 2 aromatic rings. The monoisotopic (exact) mass is 412 g/mol. The molecule has 0 N–H and O–H groups in total. The Hall–Kier alpha value is -2.00. The van der Waals surface area contributed by atoms with Crippen molar-refractivity contribution in [1.82, 2.24) is 0 Å². The van der Waals surface area contributed by atoms with Gasteiger partial charge in [-0.05, 0) is 27.7 Å². The van der Waals surface area contributed by atoms with Gasteiger partial charge in [0.15, 0.2) is 11.8 Å². The van der Waals surface area contributed by atoms with E-state index in [1.54, 1.807) is 0 Å². The van der Waals surface area contributed by atoms with Gasteiger partial charge in [-0.1, -0.05) is 11.1 Å². The predicted octanol–water partition coefficient (Wildman–Crippen LogP) is 4.08. The Morgan fingerprint density at radius 3 is 1.44 bits per heavy atom. The van der Waals surface area contributed by atoms with E-state index in [0.29, 0.717) is 13.2 Å². The van der Waals surface area contributed by atoms with Crippen LogP contribution in [0.2, 0.25) is 0 Å². The molecule has 0 spiro atoms. The maximum atomic E-state index is 5.48. The van der Waals surface area contributed by atoms with Crippen molar-refractivity contribution in [3.8, 4) is 0 Å². The molecule has 2 heterocycles. The molecule has 0 saturated carbocycles. The largest absolute Gasteiger partial charge is 2.00 e. The van der Waals surface area contributed by atoms with E-state index in [1.165, 1.54) is 0 Å². The SMILES string of the molecule is CC1(C)COC(c2c[c-]ccc2)=N1.CC1(C)COC(c2c[c-]ccc2)=N1.[Zn+2]. The molecule has 0 fully saturated rings. The topological polar surface area (TPSA) is 43.2 Å². The van der Waals surface area contributed by atoms with Crippen LogP contribution in [0.15, 0.2) is 58.5 Å². The Balaban J connectivity index is 0.000000187. The molecular weight excluding hydrogens is 390 g/mol. The second kappa shape index (κ2) is 8.79. The first kappa shape index (κ1) is 21.3. The van der Waals surface area contributed by atoms with Crippen LogP contribution in [0.25, 0.3) is 0 Å². The fourth-order valence-corrected chi connectivity index (χ4v) is 2.52. The van der Waals surface area contributed by atoms with E-state index in [9.17, 15) is 0 Å². The van der Waals surface area contributed by atoms with Crippen molar-refractivity contribution in [2.45, 2.75) is 38.8 Å². The number of aliphatic imine (C=N–C) groups is 2. The minimum Gasteiger partial charge on any atom is -0.485 e. The smallest absolute Gasteiger partial charge is 0.485 e. The van der Waals surface area contributed by atoms with Gasteiger partial charge < -0.3 is 9.47 Å². The molecule has 2 aromatic carbocycles. The summed E-state index contributed by atoms with van der Waals surface area (Å²) < 4.78 is 11.0. The summed E-state index contributed by atoms with van der Waals surface area (Å²) in [5.74, 6) is 1.48. The number of nitrogens with zero attached hydrogens (tertiary/aromatic N) is 2. The summed E-state index contributed by atoms with van der Waals surface area (Å²) in [5.41, 5.74) is 1.86. The number of rotatable bonds is 2. The van der Waals surface area contributed by atoms with Gasteiger partial charge >= 0.3 is 19.5 Å². The Morgan fingerprint density at radius 1 is 0.778 bits per heavy atom. The minimum atomic E-state index is -0.0782. The van der Waals surface area contributed by atoms with Crippen LogP contribution >= 0.6 is 0 Å². The molecule has 0 aliphatic carbocycles. The van der Waals surface area contributed by atoms with Crippen LogP contribution in [0.5, 0.6) is 0 Å². The Morgan fingerprint density at radius 2 is 1.19 bits per heavy atom. The standard InChI is InChI=1S/2C11H12NO.Zn/c2*1-11(2)8-13-10(12-11)9-6-4-3-5-7-9;/h2*3-4,6-7H,8H2,1-2H3;/q2*-1;+2. The van der Waals surface area contributed by atoms with E-state index in [-0.39, 0.29) is 30.6 Å². The third-order valence-corrected chi connectivity index (χ3v) is 3.84. The van der Waals surface area contributed by atoms with E-state index in [4.69, 9.17) is 9.47 Å². The van der Waals surface area contributed by atoms with Crippen LogP contribution in [-0.4, -0.2) is 36.1 Å². The summed E-state index contributed by atoms with van der Waals surface area (Å²) in [6.07, 6.45) is 0. The third kappa shape index (κ3) is 6.00. The van der Waals surface area contributed by atoms with Gasteiger partial charge in [-0.15, -0.1) is 0 Å². The van der Waals surface area contributed by atoms with E-state index < -0.39 is 0 Å². The summed E-state index contributed by atoms with van der Waals surface area (Å²) in [6, 6.07) is 21.4. The van der Waals surface area contributed by atoms with Gasteiger partial charge in [0.05, 0.1) is 11.1 Å². The maximum absolute atomic E-state index is 5.48. The Labute approximate surface area is 174 Å². The number of ether oxygens (including phenoxy) is 2. The molecule has 0 atom stereocenters. The van der Waals surface area contributed by atoms with Gasteiger partial charge in [-0.3, -0.25) is 9.98 Å². The second-order valence-electron chi connectivity index (χ2n) is 7.62. The van der Waals surface area contributed by atoms with Crippen LogP contribution in [-0.2, 0) is 29.0 Å². The molecule has 0 saturated heterocycles. The second-order valence-corrected chi connectivity index (χ2v) is 7.62. The zero-order chi connectivity index (χ0) is 18.6. The number of hydrogen-bond donors (Lipinski definition) is 0. The molecule has 27 heavy (non-hydrogen) atoms. The van der Waals surface area contributed by atoms with Crippen molar-refractivity contribution in [1.29, 1.82) is 0 Å². The molecule has 0 bridgehead atoms. The van der Waals surface area contributed by atoms with Crippen molar-refractivity contribution >= 4 is 11.8 Å². The van der Waals surface area contributed by atoms with Crippen LogP contribution in [0.3, 0.4) is 0 Å². The van der Waals surface area contributed by atoms with Crippen molar-refractivity contribution in [2.24, 2.45) is 9.98 Å². The molecule has 0 amide bonds. The molecule has 0 aromatic heterocycles. The summed E-state index contributed by atoms with van der Waals surface area (Å²) in [4.78, 5) is 8.93. The average molecular weight is 414 g/mol. The van der Waals surface area contributed by atoms with Gasteiger partial charge in [-0.25, -0.2) is 0 Å². The Kier molecular flexibility index (Phi) is 6.94. The van der Waals surface area contributed by atoms with Gasteiger partial charge in [-0.2, -0.15) is 60.7 Å². The quantitative estimate of drug-likeness (QED) is 0.550. The first-order chi connectivity index (χ1) is 12.3. The van der Waals surface area contributed by atoms with Crippen LogP contribution in [0.1, 0.15) is 38.8 Å². The Bertz CT molecular complexity index is 730. The summed E-state index contributed by atoms with van der Waals surface area (Å²) in [6.45, 7) is 9.58. The fraction of sp³-hybridized carbons (Fsp3) is 0.364. The summed E-state index contributed by atoms with van der Waals surface area (Å²) in [5, 5.41) is 0. The van der Waals surface area contributed by atoms with Gasteiger partial charge in [0, 0.05) is 0 Å². The van der Waals surface area contributed by atoms with Crippen molar-refractivity contribution in [2.75, 3.05) is 13.2 Å². The third-order valence-electron chi connectivity index (χ3n) is 3.84. The molecular formula is C22H24N2O2Zn. The minimum absolute atomic E-state index is 0. The summed E-state index contributed by atoms with van der Waals surface area (Å²) >= 11 is 0. The van der Waals surface area contributed by atoms with Gasteiger partial charge in [0.25, 0.3) is 0 Å². The van der Waals surface area contributed by atoms with Gasteiger partial charge in [0.1, 0.15) is 13.2 Å². The average Bonchev–Trinajstić information content (AvgIpc) is 3.19. The van der Waals surface area contributed by atoms with E-state index in [1.807, 2.05) is 48.5 Å². The fourth-order valence-electron chi connectivity index (χ4n) is 2.52. The predicted molar refractivity (Wildman–Crippen MR) is 104 cm³/mol. The zero-order valence-electron chi connectivity index (χ0n) is 16.5. The molecule has 4 rings (SSSR count). The molecule has 136 valence electrons.